The highest BCUT2D eigenvalue weighted by atomic mass is 16.1. The second-order valence-corrected chi connectivity index (χ2v) is 4.15. The normalized spacial score (nSPS) is 11.1. The van der Waals surface area contributed by atoms with Gasteiger partial charge in [0.05, 0.1) is 0 Å². The van der Waals surface area contributed by atoms with Crippen molar-refractivity contribution in [3.63, 3.8) is 0 Å². The van der Waals surface area contributed by atoms with Gasteiger partial charge in [0.1, 0.15) is 5.78 Å². The Morgan fingerprint density at radius 1 is 0.867 bits per heavy atom. The fourth-order valence-corrected chi connectivity index (χ4v) is 1.52. The number of carbonyl (C=O) groups excluding carboxylic acids is 1. The SMILES string of the molecule is CCC/C=C/CCC(=O)CCCCCC. The first-order valence-electron chi connectivity index (χ1n) is 6.48. The van der Waals surface area contributed by atoms with Gasteiger partial charge in [-0.25, -0.2) is 0 Å². The van der Waals surface area contributed by atoms with E-state index in [1.165, 1.54) is 25.7 Å². The zero-order chi connectivity index (χ0) is 11.4. The minimum Gasteiger partial charge on any atom is -0.300 e. The molecular formula is C14H26O. The second kappa shape index (κ2) is 11.5. The van der Waals surface area contributed by atoms with Gasteiger partial charge in [-0.2, -0.15) is 0 Å². The second-order valence-electron chi connectivity index (χ2n) is 4.15. The summed E-state index contributed by atoms with van der Waals surface area (Å²) in [6, 6.07) is 0. The van der Waals surface area contributed by atoms with E-state index >= 15 is 0 Å². The number of allylic oxidation sites excluding steroid dienone is 2. The molecule has 0 bridgehead atoms. The van der Waals surface area contributed by atoms with Crippen molar-refractivity contribution < 1.29 is 4.79 Å². The summed E-state index contributed by atoms with van der Waals surface area (Å²) in [6.07, 6.45) is 14.0. The topological polar surface area (TPSA) is 17.1 Å². The van der Waals surface area contributed by atoms with Crippen LogP contribution < -0.4 is 0 Å². The standard InChI is InChI=1S/C14H26O/c1-3-5-7-9-11-13-14(15)12-10-8-6-4-2/h7,9H,3-6,8,10-13H2,1-2H3/b9-7+. The van der Waals surface area contributed by atoms with Gasteiger partial charge in [0, 0.05) is 12.8 Å². The first-order valence-corrected chi connectivity index (χ1v) is 6.48. The van der Waals surface area contributed by atoms with Gasteiger partial charge >= 0.3 is 0 Å². The Kier molecular flexibility index (Phi) is 11.0. The van der Waals surface area contributed by atoms with Crippen molar-refractivity contribution >= 4 is 5.78 Å². The third kappa shape index (κ3) is 11.3. The quantitative estimate of drug-likeness (QED) is 0.378. The van der Waals surface area contributed by atoms with Crippen LogP contribution in [0.3, 0.4) is 0 Å². The van der Waals surface area contributed by atoms with Crippen molar-refractivity contribution in [2.75, 3.05) is 0 Å². The van der Waals surface area contributed by atoms with Crippen molar-refractivity contribution in [2.24, 2.45) is 0 Å². The van der Waals surface area contributed by atoms with Crippen LogP contribution in [0, 0.1) is 0 Å². The highest BCUT2D eigenvalue weighted by Gasteiger charge is 1.99. The van der Waals surface area contributed by atoms with Crippen LogP contribution >= 0.6 is 0 Å². The molecule has 0 aromatic rings. The molecule has 0 saturated heterocycles. The lowest BCUT2D eigenvalue weighted by atomic mass is 10.1. The van der Waals surface area contributed by atoms with Gasteiger partial charge in [-0.1, -0.05) is 51.7 Å². The van der Waals surface area contributed by atoms with Gasteiger partial charge < -0.3 is 0 Å². The average molecular weight is 210 g/mol. The molecule has 0 rings (SSSR count). The molecule has 0 N–H and O–H groups in total. The maximum Gasteiger partial charge on any atom is 0.133 e. The summed E-state index contributed by atoms with van der Waals surface area (Å²) in [7, 11) is 0. The molecule has 0 aliphatic carbocycles. The molecule has 0 aliphatic rings. The van der Waals surface area contributed by atoms with Gasteiger partial charge in [0.25, 0.3) is 0 Å². The van der Waals surface area contributed by atoms with Crippen LogP contribution in [0.4, 0.5) is 0 Å². The lowest BCUT2D eigenvalue weighted by molar-refractivity contribution is -0.119. The molecule has 0 atom stereocenters. The van der Waals surface area contributed by atoms with Crippen LogP contribution in [0.5, 0.6) is 0 Å². The molecule has 15 heavy (non-hydrogen) atoms. The highest BCUT2D eigenvalue weighted by molar-refractivity contribution is 5.78. The van der Waals surface area contributed by atoms with Crippen molar-refractivity contribution in [2.45, 2.75) is 71.6 Å². The van der Waals surface area contributed by atoms with E-state index < -0.39 is 0 Å². The number of hydrogen-bond donors (Lipinski definition) is 0. The van der Waals surface area contributed by atoms with Gasteiger partial charge in [-0.15, -0.1) is 0 Å². The molecule has 0 aliphatic heterocycles. The summed E-state index contributed by atoms with van der Waals surface area (Å²) >= 11 is 0. The maximum absolute atomic E-state index is 11.4. The first kappa shape index (κ1) is 14.4. The third-order valence-corrected chi connectivity index (χ3v) is 2.52. The Morgan fingerprint density at radius 3 is 2.27 bits per heavy atom. The molecular weight excluding hydrogens is 184 g/mol. The molecule has 0 aromatic carbocycles. The fourth-order valence-electron chi connectivity index (χ4n) is 1.52. The van der Waals surface area contributed by atoms with E-state index in [1.54, 1.807) is 0 Å². The zero-order valence-corrected chi connectivity index (χ0v) is 10.4. The molecule has 0 heterocycles. The Hall–Kier alpha value is -0.590. The van der Waals surface area contributed by atoms with E-state index in [0.29, 0.717) is 5.78 Å². The third-order valence-electron chi connectivity index (χ3n) is 2.52. The van der Waals surface area contributed by atoms with Crippen LogP contribution in [-0.2, 0) is 4.79 Å². The molecule has 1 heteroatoms. The Balaban J connectivity index is 3.25. The summed E-state index contributed by atoms with van der Waals surface area (Å²) in [5.74, 6) is 0.437. The van der Waals surface area contributed by atoms with E-state index in [1.807, 2.05) is 0 Å². The molecule has 88 valence electrons. The lowest BCUT2D eigenvalue weighted by Gasteiger charge is -1.98. The molecule has 0 saturated carbocycles. The van der Waals surface area contributed by atoms with Gasteiger partial charge in [-0.05, 0) is 19.3 Å². The predicted molar refractivity (Wildman–Crippen MR) is 67.0 cm³/mol. The largest absolute Gasteiger partial charge is 0.300 e. The number of rotatable bonds is 10. The van der Waals surface area contributed by atoms with Crippen LogP contribution in [0.15, 0.2) is 12.2 Å². The van der Waals surface area contributed by atoms with Crippen molar-refractivity contribution in [1.29, 1.82) is 0 Å². The Morgan fingerprint density at radius 2 is 1.60 bits per heavy atom. The highest BCUT2D eigenvalue weighted by Crippen LogP contribution is 2.06. The van der Waals surface area contributed by atoms with Gasteiger partial charge in [-0.3, -0.25) is 4.79 Å². The van der Waals surface area contributed by atoms with Crippen molar-refractivity contribution in [3.8, 4) is 0 Å². The minimum atomic E-state index is 0.437. The molecule has 1 nitrogen and oxygen atoms in total. The molecule has 0 radical (unpaired) electrons. The van der Waals surface area contributed by atoms with E-state index in [-0.39, 0.29) is 0 Å². The Labute approximate surface area is 95.0 Å². The number of Topliss-reactive ketones (excluding diaryl/α,β-unsaturated/α-hetero) is 1. The summed E-state index contributed by atoms with van der Waals surface area (Å²) < 4.78 is 0. The van der Waals surface area contributed by atoms with Crippen LogP contribution in [0.25, 0.3) is 0 Å². The molecule has 0 spiro atoms. The molecule has 0 unspecified atom stereocenters. The van der Waals surface area contributed by atoms with Crippen molar-refractivity contribution in [3.05, 3.63) is 12.2 Å². The number of carbonyl (C=O) groups is 1. The molecule has 0 amide bonds. The monoisotopic (exact) mass is 210 g/mol. The summed E-state index contributed by atoms with van der Waals surface area (Å²) in [4.78, 5) is 11.4. The fraction of sp³-hybridized carbons (Fsp3) is 0.786. The van der Waals surface area contributed by atoms with Crippen LogP contribution in [-0.4, -0.2) is 5.78 Å². The van der Waals surface area contributed by atoms with Crippen LogP contribution in [0.2, 0.25) is 0 Å². The predicted octanol–water partition coefficient (Wildman–Crippen LogP) is 4.66. The average Bonchev–Trinajstić information content (AvgIpc) is 2.24. The molecule has 0 fully saturated rings. The number of unbranched alkanes of at least 4 members (excludes halogenated alkanes) is 4. The van der Waals surface area contributed by atoms with Crippen molar-refractivity contribution in [1.82, 2.24) is 0 Å². The Bertz CT molecular complexity index is 170. The maximum atomic E-state index is 11.4. The summed E-state index contributed by atoms with van der Waals surface area (Å²) in [5, 5.41) is 0. The zero-order valence-electron chi connectivity index (χ0n) is 10.4. The van der Waals surface area contributed by atoms with Crippen LogP contribution in [0.1, 0.15) is 71.6 Å². The van der Waals surface area contributed by atoms with E-state index in [9.17, 15) is 4.79 Å². The lowest BCUT2D eigenvalue weighted by Crippen LogP contribution is -1.96. The smallest absolute Gasteiger partial charge is 0.133 e. The van der Waals surface area contributed by atoms with E-state index in [4.69, 9.17) is 0 Å². The minimum absolute atomic E-state index is 0.437. The van der Waals surface area contributed by atoms with E-state index in [0.717, 1.165) is 32.1 Å². The number of ketones is 1. The van der Waals surface area contributed by atoms with Gasteiger partial charge in [0.2, 0.25) is 0 Å². The summed E-state index contributed by atoms with van der Waals surface area (Å²) in [5.41, 5.74) is 0. The van der Waals surface area contributed by atoms with Gasteiger partial charge in [0.15, 0.2) is 0 Å². The first-order chi connectivity index (χ1) is 7.31. The van der Waals surface area contributed by atoms with E-state index in [2.05, 4.69) is 26.0 Å². The molecule has 0 aromatic heterocycles. The number of hydrogen-bond acceptors (Lipinski definition) is 1. The summed E-state index contributed by atoms with van der Waals surface area (Å²) in [6.45, 7) is 4.36.